The Bertz CT molecular complexity index is 604. The number of Topliss-reactive ketones (excluding diaryl/α,β-unsaturated/α-hetero) is 1. The second-order valence-corrected chi connectivity index (χ2v) is 5.62. The van der Waals surface area contributed by atoms with Crippen LogP contribution in [-0.2, 0) is 12.6 Å². The maximum absolute atomic E-state index is 12.5. The van der Waals surface area contributed by atoms with Gasteiger partial charge in [-0.2, -0.15) is 13.2 Å². The molecule has 1 aromatic heterocycles. The Labute approximate surface area is 116 Å². The number of rotatable bonds is 3. The van der Waals surface area contributed by atoms with Gasteiger partial charge in [0.1, 0.15) is 0 Å². The molecule has 2 rings (SSSR count). The summed E-state index contributed by atoms with van der Waals surface area (Å²) in [5, 5.41) is 0. The minimum atomic E-state index is -4.40. The molecule has 0 N–H and O–H groups in total. The van der Waals surface area contributed by atoms with Crippen LogP contribution in [0.5, 0.6) is 0 Å². The second-order valence-electron chi connectivity index (χ2n) is 3.90. The Morgan fingerprint density at radius 2 is 1.95 bits per heavy atom. The molecule has 0 fully saturated rings. The van der Waals surface area contributed by atoms with Gasteiger partial charge in [0.25, 0.3) is 0 Å². The van der Waals surface area contributed by atoms with Gasteiger partial charge in [-0.3, -0.25) is 4.79 Å². The Morgan fingerprint density at radius 3 is 2.53 bits per heavy atom. The summed E-state index contributed by atoms with van der Waals surface area (Å²) < 4.78 is 38.1. The van der Waals surface area contributed by atoms with Crippen molar-refractivity contribution in [2.24, 2.45) is 0 Å². The first-order chi connectivity index (χ1) is 8.86. The van der Waals surface area contributed by atoms with Gasteiger partial charge in [-0.1, -0.05) is 29.8 Å². The van der Waals surface area contributed by atoms with E-state index in [1.807, 2.05) is 0 Å². The van der Waals surface area contributed by atoms with Crippen molar-refractivity contribution in [1.82, 2.24) is 0 Å². The monoisotopic (exact) mass is 304 g/mol. The predicted octanol–water partition coefficient (Wildman–Crippen LogP) is 4.85. The molecule has 0 unspecified atom stereocenters. The number of halogens is 4. The zero-order valence-corrected chi connectivity index (χ0v) is 11.1. The Kier molecular flexibility index (Phi) is 3.96. The third kappa shape index (κ3) is 3.58. The Hall–Kier alpha value is -1.33. The average Bonchev–Trinajstić information content (AvgIpc) is 2.75. The Morgan fingerprint density at radius 1 is 1.21 bits per heavy atom. The maximum Gasteiger partial charge on any atom is 0.416 e. The molecule has 0 bridgehead atoms. The van der Waals surface area contributed by atoms with Gasteiger partial charge in [-0.05, 0) is 23.8 Å². The summed E-state index contributed by atoms with van der Waals surface area (Å²) in [5.74, 6) is -0.240. The quantitative estimate of drug-likeness (QED) is 0.741. The van der Waals surface area contributed by atoms with Crippen LogP contribution in [0.4, 0.5) is 13.2 Å². The molecule has 1 heterocycles. The van der Waals surface area contributed by atoms with Gasteiger partial charge in [0.05, 0.1) is 14.8 Å². The second kappa shape index (κ2) is 5.35. The smallest absolute Gasteiger partial charge is 0.293 e. The number of carbonyl (C=O) groups is 1. The van der Waals surface area contributed by atoms with E-state index in [9.17, 15) is 18.0 Å². The highest BCUT2D eigenvalue weighted by molar-refractivity contribution is 7.18. The van der Waals surface area contributed by atoms with Crippen molar-refractivity contribution < 1.29 is 18.0 Å². The fraction of sp³-hybridized carbons (Fsp3) is 0.154. The molecule has 0 atom stereocenters. The van der Waals surface area contributed by atoms with Crippen LogP contribution in [0.1, 0.15) is 20.8 Å². The van der Waals surface area contributed by atoms with E-state index in [0.717, 1.165) is 23.5 Å². The average molecular weight is 305 g/mol. The largest absolute Gasteiger partial charge is 0.416 e. The van der Waals surface area contributed by atoms with E-state index in [1.165, 1.54) is 12.1 Å². The van der Waals surface area contributed by atoms with Gasteiger partial charge in [0.2, 0.25) is 0 Å². The van der Waals surface area contributed by atoms with Crippen LogP contribution in [-0.4, -0.2) is 5.78 Å². The maximum atomic E-state index is 12.5. The molecule has 0 saturated carbocycles. The number of carbonyl (C=O) groups excluding carboxylic acids is 1. The molecular weight excluding hydrogens is 297 g/mol. The minimum absolute atomic E-state index is 0.0687. The van der Waals surface area contributed by atoms with Gasteiger partial charge in [0.15, 0.2) is 5.78 Å². The lowest BCUT2D eigenvalue weighted by atomic mass is 10.0. The first kappa shape index (κ1) is 14.1. The third-order valence-corrected chi connectivity index (χ3v) is 3.74. The molecule has 0 aliphatic rings. The molecule has 0 saturated heterocycles. The topological polar surface area (TPSA) is 17.1 Å². The lowest BCUT2D eigenvalue weighted by Crippen LogP contribution is -2.07. The summed E-state index contributed by atoms with van der Waals surface area (Å²) in [6.07, 6.45) is -4.47. The van der Waals surface area contributed by atoms with Crippen molar-refractivity contribution in [2.75, 3.05) is 0 Å². The van der Waals surface area contributed by atoms with Crippen LogP contribution in [0.3, 0.4) is 0 Å². The van der Waals surface area contributed by atoms with E-state index in [1.54, 1.807) is 12.1 Å². The van der Waals surface area contributed by atoms with E-state index in [-0.39, 0.29) is 12.2 Å². The number of hydrogen-bond donors (Lipinski definition) is 0. The summed E-state index contributed by atoms with van der Waals surface area (Å²) in [4.78, 5) is 12.3. The summed E-state index contributed by atoms with van der Waals surface area (Å²) in [7, 11) is 0. The first-order valence-electron chi connectivity index (χ1n) is 5.31. The highest BCUT2D eigenvalue weighted by Crippen LogP contribution is 2.30. The van der Waals surface area contributed by atoms with Crippen molar-refractivity contribution in [3.63, 3.8) is 0 Å². The summed E-state index contributed by atoms with van der Waals surface area (Å²) in [6.45, 7) is 0. The molecule has 100 valence electrons. The van der Waals surface area contributed by atoms with E-state index in [2.05, 4.69) is 0 Å². The number of thiophene rings is 1. The lowest BCUT2D eigenvalue weighted by Gasteiger charge is -2.08. The van der Waals surface area contributed by atoms with E-state index < -0.39 is 11.7 Å². The van der Waals surface area contributed by atoms with E-state index in [0.29, 0.717) is 14.8 Å². The van der Waals surface area contributed by atoms with Crippen molar-refractivity contribution in [2.45, 2.75) is 12.6 Å². The van der Waals surface area contributed by atoms with Crippen LogP contribution < -0.4 is 0 Å². The third-order valence-electron chi connectivity index (χ3n) is 2.47. The van der Waals surface area contributed by atoms with Crippen molar-refractivity contribution in [3.8, 4) is 0 Å². The molecule has 2 aromatic rings. The van der Waals surface area contributed by atoms with Gasteiger partial charge in [0, 0.05) is 6.42 Å². The molecule has 1 aromatic carbocycles. The molecule has 0 amide bonds. The highest BCUT2D eigenvalue weighted by Gasteiger charge is 2.30. The normalized spacial score (nSPS) is 11.6. The lowest BCUT2D eigenvalue weighted by molar-refractivity contribution is -0.137. The zero-order chi connectivity index (χ0) is 14.0. The van der Waals surface area contributed by atoms with Crippen LogP contribution in [0.25, 0.3) is 0 Å². The van der Waals surface area contributed by atoms with Crippen LogP contribution in [0, 0.1) is 0 Å². The number of alkyl halides is 3. The van der Waals surface area contributed by atoms with Gasteiger partial charge in [-0.25, -0.2) is 0 Å². The van der Waals surface area contributed by atoms with Crippen molar-refractivity contribution in [1.29, 1.82) is 0 Å². The molecule has 0 radical (unpaired) electrons. The zero-order valence-electron chi connectivity index (χ0n) is 9.50. The number of ketones is 1. The van der Waals surface area contributed by atoms with Gasteiger partial charge in [-0.15, -0.1) is 11.3 Å². The van der Waals surface area contributed by atoms with E-state index >= 15 is 0 Å². The molecular formula is C13H8ClF3OS. The standard InChI is InChI=1S/C13H8ClF3OS/c14-12-5-4-11(19-12)10(18)7-8-2-1-3-9(6-8)13(15,16)17/h1-6H,7H2. The van der Waals surface area contributed by atoms with E-state index in [4.69, 9.17) is 11.6 Å². The molecule has 6 heteroatoms. The van der Waals surface area contributed by atoms with Crippen LogP contribution in [0.2, 0.25) is 4.34 Å². The highest BCUT2D eigenvalue weighted by atomic mass is 35.5. The molecule has 19 heavy (non-hydrogen) atoms. The van der Waals surface area contributed by atoms with Crippen molar-refractivity contribution in [3.05, 3.63) is 56.7 Å². The summed E-state index contributed by atoms with van der Waals surface area (Å²) >= 11 is 6.83. The fourth-order valence-corrected chi connectivity index (χ4v) is 2.57. The molecule has 1 nitrogen and oxygen atoms in total. The van der Waals surface area contributed by atoms with Gasteiger partial charge >= 0.3 is 6.18 Å². The minimum Gasteiger partial charge on any atom is -0.293 e. The number of benzene rings is 1. The van der Waals surface area contributed by atoms with Crippen LogP contribution in [0.15, 0.2) is 36.4 Å². The Balaban J connectivity index is 2.18. The molecule has 0 aliphatic carbocycles. The summed E-state index contributed by atoms with van der Waals surface area (Å²) in [6, 6.07) is 7.94. The molecule has 0 spiro atoms. The van der Waals surface area contributed by atoms with Gasteiger partial charge < -0.3 is 0 Å². The first-order valence-corrected chi connectivity index (χ1v) is 6.50. The SMILES string of the molecule is O=C(Cc1cccc(C(F)(F)F)c1)c1ccc(Cl)s1. The number of hydrogen-bond acceptors (Lipinski definition) is 2. The molecule has 0 aliphatic heterocycles. The predicted molar refractivity (Wildman–Crippen MR) is 68.8 cm³/mol. The van der Waals surface area contributed by atoms with Crippen molar-refractivity contribution >= 4 is 28.7 Å². The fourth-order valence-electron chi connectivity index (χ4n) is 1.59. The van der Waals surface area contributed by atoms with Crippen LogP contribution >= 0.6 is 22.9 Å². The summed E-state index contributed by atoms with van der Waals surface area (Å²) in [5.41, 5.74) is -0.411.